The molecule has 0 radical (unpaired) electrons. The first-order valence-electron chi connectivity index (χ1n) is 1.80. The summed E-state index contributed by atoms with van der Waals surface area (Å²) in [6.07, 6.45) is 0.851. The van der Waals surface area contributed by atoms with Crippen LogP contribution in [0.15, 0.2) is 12.8 Å². The first-order chi connectivity index (χ1) is 3.62. The van der Waals surface area contributed by atoms with E-state index in [1.807, 2.05) is 0 Å². The summed E-state index contributed by atoms with van der Waals surface area (Å²) in [5, 5.41) is 0. The van der Waals surface area contributed by atoms with Gasteiger partial charge < -0.3 is 4.52 Å². The van der Waals surface area contributed by atoms with Crippen molar-refractivity contribution in [3.05, 3.63) is 12.8 Å². The molecule has 1 atom stereocenters. The third kappa shape index (κ3) is 2.80. The van der Waals surface area contributed by atoms with Crippen LogP contribution in [-0.4, -0.2) is 12.0 Å². The van der Waals surface area contributed by atoms with Gasteiger partial charge in [-0.25, -0.2) is 4.57 Å². The Balaban J connectivity index is 3.72. The Bertz CT molecular complexity index is 120. The van der Waals surface area contributed by atoms with Gasteiger partial charge in [-0.05, 0) is 0 Å². The molecule has 0 aliphatic rings. The van der Waals surface area contributed by atoms with Crippen LogP contribution in [0.2, 0.25) is 0 Å². The summed E-state index contributed by atoms with van der Waals surface area (Å²) < 4.78 is 18.2. The van der Waals surface area contributed by atoms with Gasteiger partial charge in [0.25, 0.3) is 0 Å². The van der Waals surface area contributed by atoms with E-state index in [4.69, 9.17) is 4.89 Å². The Labute approximate surface area is 47.4 Å². The third-order valence-corrected chi connectivity index (χ3v) is 1.32. The van der Waals surface area contributed by atoms with Crippen molar-refractivity contribution in [2.24, 2.45) is 0 Å². The van der Waals surface area contributed by atoms with Crippen LogP contribution in [0.4, 0.5) is 0 Å². The zero-order chi connectivity index (χ0) is 6.62. The number of phosphoric acid groups is 1. The summed E-state index contributed by atoms with van der Waals surface area (Å²) in [6.45, 7) is 3.06. The lowest BCUT2D eigenvalue weighted by Crippen LogP contribution is -1.82. The molecule has 1 unspecified atom stereocenters. The van der Waals surface area contributed by atoms with Gasteiger partial charge in [0.05, 0.1) is 6.26 Å². The summed E-state index contributed by atoms with van der Waals surface area (Å²) in [6, 6.07) is 0. The zero-order valence-electron chi connectivity index (χ0n) is 4.40. The molecule has 0 aromatic heterocycles. The van der Waals surface area contributed by atoms with Gasteiger partial charge in [0, 0.05) is 7.11 Å². The minimum atomic E-state index is -3.79. The number of hydrogen-bond donors (Lipinski definition) is 1. The predicted octanol–water partition coefficient (Wildman–Crippen LogP) is 0.893. The highest BCUT2D eigenvalue weighted by atomic mass is 31.2. The Morgan fingerprint density at radius 3 is 2.50 bits per heavy atom. The van der Waals surface area contributed by atoms with Crippen LogP contribution in [0.5, 0.6) is 0 Å². The van der Waals surface area contributed by atoms with Gasteiger partial charge in [-0.15, -0.1) is 0 Å². The maximum Gasteiger partial charge on any atom is 0.526 e. The molecular formula is C3H7O4P. The average molecular weight is 138 g/mol. The molecule has 4 nitrogen and oxygen atoms in total. The van der Waals surface area contributed by atoms with E-state index < -0.39 is 7.82 Å². The summed E-state index contributed by atoms with van der Waals surface area (Å²) >= 11 is 0. The van der Waals surface area contributed by atoms with Gasteiger partial charge in [-0.1, -0.05) is 6.58 Å². The number of hydrogen-bond acceptors (Lipinski definition) is 3. The second-order valence-corrected chi connectivity index (χ2v) is 2.44. The van der Waals surface area contributed by atoms with E-state index in [0.29, 0.717) is 0 Å². The molecule has 0 saturated carbocycles. The molecule has 0 fully saturated rings. The molecule has 0 aliphatic carbocycles. The molecule has 1 N–H and O–H groups in total. The first kappa shape index (κ1) is 7.69. The van der Waals surface area contributed by atoms with E-state index >= 15 is 0 Å². The SMILES string of the molecule is C=COP(=O)(O)OC. The second kappa shape index (κ2) is 2.87. The largest absolute Gasteiger partial charge is 0.526 e. The van der Waals surface area contributed by atoms with Gasteiger partial charge in [0.1, 0.15) is 0 Å². The molecule has 0 spiro atoms. The smallest absolute Gasteiger partial charge is 0.413 e. The Morgan fingerprint density at radius 1 is 1.88 bits per heavy atom. The molecule has 0 rings (SSSR count). The van der Waals surface area contributed by atoms with Crippen molar-refractivity contribution in [2.75, 3.05) is 7.11 Å². The highest BCUT2D eigenvalue weighted by Crippen LogP contribution is 2.41. The lowest BCUT2D eigenvalue weighted by molar-refractivity contribution is 0.223. The Kier molecular flexibility index (Phi) is 2.76. The zero-order valence-corrected chi connectivity index (χ0v) is 5.30. The van der Waals surface area contributed by atoms with Crippen molar-refractivity contribution in [1.29, 1.82) is 0 Å². The molecule has 8 heavy (non-hydrogen) atoms. The summed E-state index contributed by atoms with van der Waals surface area (Å²) in [4.78, 5) is 8.36. The van der Waals surface area contributed by atoms with Gasteiger partial charge in [-0.2, -0.15) is 0 Å². The fraction of sp³-hybridized carbons (Fsp3) is 0.333. The maximum absolute atomic E-state index is 10.2. The van der Waals surface area contributed by atoms with Gasteiger partial charge >= 0.3 is 7.82 Å². The van der Waals surface area contributed by atoms with Crippen molar-refractivity contribution < 1.29 is 18.5 Å². The fourth-order valence-electron chi connectivity index (χ4n) is 0.137. The minimum absolute atomic E-state index is 0.851. The van der Waals surface area contributed by atoms with Crippen molar-refractivity contribution in [2.45, 2.75) is 0 Å². The summed E-state index contributed by atoms with van der Waals surface area (Å²) in [5.41, 5.74) is 0. The molecule has 48 valence electrons. The van der Waals surface area contributed by atoms with Crippen LogP contribution in [0, 0.1) is 0 Å². The van der Waals surface area contributed by atoms with Crippen LogP contribution in [0.3, 0.4) is 0 Å². The van der Waals surface area contributed by atoms with Crippen LogP contribution in [-0.2, 0) is 13.6 Å². The molecule has 0 saturated heterocycles. The lowest BCUT2D eigenvalue weighted by atomic mass is 11.2. The number of rotatable bonds is 3. The van der Waals surface area contributed by atoms with Gasteiger partial charge in [0.15, 0.2) is 0 Å². The second-order valence-electron chi connectivity index (χ2n) is 0.923. The van der Waals surface area contributed by atoms with Crippen molar-refractivity contribution in [3.63, 3.8) is 0 Å². The summed E-state index contributed by atoms with van der Waals surface area (Å²) in [5.74, 6) is 0. The van der Waals surface area contributed by atoms with Crippen molar-refractivity contribution in [1.82, 2.24) is 0 Å². The minimum Gasteiger partial charge on any atom is -0.413 e. The Hall–Kier alpha value is -0.310. The lowest BCUT2D eigenvalue weighted by Gasteiger charge is -2.03. The number of phosphoric ester groups is 1. The van der Waals surface area contributed by atoms with E-state index in [-0.39, 0.29) is 0 Å². The topological polar surface area (TPSA) is 55.8 Å². The molecule has 0 bridgehead atoms. The molecular weight excluding hydrogens is 131 g/mol. The average Bonchev–Trinajstić information content (AvgIpc) is 1.67. The third-order valence-electron chi connectivity index (χ3n) is 0.438. The van der Waals surface area contributed by atoms with Gasteiger partial charge in [-0.3, -0.25) is 9.42 Å². The molecule has 0 aromatic carbocycles. The molecule has 5 heteroatoms. The van der Waals surface area contributed by atoms with Crippen molar-refractivity contribution >= 4 is 7.82 Å². The molecule has 0 aromatic rings. The Morgan fingerprint density at radius 2 is 2.38 bits per heavy atom. The normalized spacial score (nSPS) is 16.8. The van der Waals surface area contributed by atoms with Crippen molar-refractivity contribution in [3.8, 4) is 0 Å². The standard InChI is InChI=1S/C3H7O4P/c1-3-7-8(4,5)6-2/h3H,1H2,2H3,(H,4,5). The maximum atomic E-state index is 10.2. The molecule has 0 amide bonds. The van der Waals surface area contributed by atoms with Crippen LogP contribution in [0.1, 0.15) is 0 Å². The van der Waals surface area contributed by atoms with E-state index in [1.54, 1.807) is 0 Å². The van der Waals surface area contributed by atoms with Crippen LogP contribution >= 0.6 is 7.82 Å². The fourth-order valence-corrected chi connectivity index (χ4v) is 0.412. The van der Waals surface area contributed by atoms with E-state index in [2.05, 4.69) is 15.6 Å². The van der Waals surface area contributed by atoms with Crippen LogP contribution in [0.25, 0.3) is 0 Å². The highest BCUT2D eigenvalue weighted by Gasteiger charge is 2.15. The molecule has 0 heterocycles. The van der Waals surface area contributed by atoms with E-state index in [0.717, 1.165) is 13.4 Å². The predicted molar refractivity (Wildman–Crippen MR) is 28.1 cm³/mol. The molecule has 0 aliphatic heterocycles. The van der Waals surface area contributed by atoms with Gasteiger partial charge in [0.2, 0.25) is 0 Å². The quantitative estimate of drug-likeness (QED) is 0.464. The van der Waals surface area contributed by atoms with E-state index in [1.165, 1.54) is 0 Å². The monoisotopic (exact) mass is 138 g/mol. The highest BCUT2D eigenvalue weighted by molar-refractivity contribution is 7.47. The van der Waals surface area contributed by atoms with E-state index in [9.17, 15) is 4.57 Å². The first-order valence-corrected chi connectivity index (χ1v) is 3.30. The summed E-state index contributed by atoms with van der Waals surface area (Å²) in [7, 11) is -2.72. The van der Waals surface area contributed by atoms with Crippen LogP contribution < -0.4 is 0 Å².